The molecule has 1 unspecified atom stereocenters. The van der Waals surface area contributed by atoms with Gasteiger partial charge >= 0.3 is 0 Å². The van der Waals surface area contributed by atoms with Crippen LogP contribution < -0.4 is 4.74 Å². The van der Waals surface area contributed by atoms with E-state index in [0.717, 1.165) is 5.75 Å². The Morgan fingerprint density at radius 3 is 2.92 bits per heavy atom. The van der Waals surface area contributed by atoms with Crippen molar-refractivity contribution in [3.8, 4) is 5.75 Å². The summed E-state index contributed by atoms with van der Waals surface area (Å²) in [6.07, 6.45) is 6.23. The van der Waals surface area contributed by atoms with Crippen molar-refractivity contribution in [2.24, 2.45) is 0 Å². The largest absolute Gasteiger partial charge is 0.497 e. The van der Waals surface area contributed by atoms with Crippen molar-refractivity contribution in [1.82, 2.24) is 4.90 Å². The maximum absolute atomic E-state index is 5.41. The van der Waals surface area contributed by atoms with Crippen LogP contribution in [0.2, 0.25) is 0 Å². The maximum atomic E-state index is 5.41. The highest BCUT2D eigenvalue weighted by Crippen LogP contribution is 2.34. The normalized spacial score (nSPS) is 17.0. The first-order valence-electron chi connectivity index (χ1n) is 9.21. The van der Waals surface area contributed by atoms with Crippen molar-refractivity contribution < 1.29 is 4.74 Å². The lowest BCUT2D eigenvalue weighted by Crippen LogP contribution is -2.32. The van der Waals surface area contributed by atoms with Crippen LogP contribution in [0.4, 0.5) is 0 Å². The van der Waals surface area contributed by atoms with Gasteiger partial charge in [-0.1, -0.05) is 19.1 Å². The van der Waals surface area contributed by atoms with E-state index in [1.165, 1.54) is 62.2 Å². The number of nitrogens with zero attached hydrogens (tertiary/aromatic N) is 1. The molecule has 0 fully saturated rings. The van der Waals surface area contributed by atoms with E-state index in [-0.39, 0.29) is 0 Å². The molecule has 1 aliphatic rings. The molecular weight excluding hydrogens is 314 g/mol. The van der Waals surface area contributed by atoms with E-state index in [4.69, 9.17) is 4.74 Å². The Labute approximate surface area is 150 Å². The summed E-state index contributed by atoms with van der Waals surface area (Å²) in [6.45, 7) is 5.86. The third kappa shape index (κ3) is 4.40. The summed E-state index contributed by atoms with van der Waals surface area (Å²) in [5, 5.41) is 2.18. The molecule has 0 saturated heterocycles. The SMILES string of the molecule is CCCN(CCc1cccs1)CC1CCCc2cc(OC)ccc21. The monoisotopic (exact) mass is 343 g/mol. The van der Waals surface area contributed by atoms with Gasteiger partial charge in [-0.2, -0.15) is 0 Å². The van der Waals surface area contributed by atoms with Crippen molar-refractivity contribution in [3.05, 3.63) is 51.7 Å². The molecule has 1 aliphatic carbocycles. The first-order chi connectivity index (χ1) is 11.8. The Kier molecular flexibility index (Phi) is 6.33. The van der Waals surface area contributed by atoms with E-state index in [1.807, 2.05) is 11.3 Å². The lowest BCUT2D eigenvalue weighted by molar-refractivity contribution is 0.251. The topological polar surface area (TPSA) is 12.5 Å². The van der Waals surface area contributed by atoms with Gasteiger partial charge in [-0.25, -0.2) is 0 Å². The number of ether oxygens (including phenoxy) is 1. The molecule has 24 heavy (non-hydrogen) atoms. The average molecular weight is 344 g/mol. The highest BCUT2D eigenvalue weighted by atomic mass is 32.1. The third-order valence-electron chi connectivity index (χ3n) is 5.06. The molecule has 1 atom stereocenters. The standard InChI is InChI=1S/C21H29NOS/c1-3-12-22(13-11-20-8-5-14-24-20)16-18-7-4-6-17-15-19(23-2)9-10-21(17)18/h5,8-10,14-15,18H,3-4,6-7,11-13,16H2,1-2H3. The second-order valence-electron chi connectivity index (χ2n) is 6.78. The van der Waals surface area contributed by atoms with Crippen LogP contribution in [0, 0.1) is 0 Å². The van der Waals surface area contributed by atoms with E-state index in [0.29, 0.717) is 5.92 Å². The summed E-state index contributed by atoms with van der Waals surface area (Å²) in [7, 11) is 1.76. The molecule has 1 heterocycles. The van der Waals surface area contributed by atoms with Gasteiger partial charge in [0.05, 0.1) is 7.11 Å². The molecular formula is C21H29NOS. The van der Waals surface area contributed by atoms with Crippen LogP contribution in [0.3, 0.4) is 0 Å². The summed E-state index contributed by atoms with van der Waals surface area (Å²) in [5.41, 5.74) is 3.06. The summed E-state index contributed by atoms with van der Waals surface area (Å²) in [4.78, 5) is 4.17. The van der Waals surface area contributed by atoms with Gasteiger partial charge in [0.15, 0.2) is 0 Å². The van der Waals surface area contributed by atoms with E-state index in [1.54, 1.807) is 12.7 Å². The zero-order valence-corrected chi connectivity index (χ0v) is 15.8. The molecule has 0 radical (unpaired) electrons. The molecule has 0 bridgehead atoms. The molecule has 130 valence electrons. The van der Waals surface area contributed by atoms with Gasteiger partial charge in [-0.15, -0.1) is 11.3 Å². The third-order valence-corrected chi connectivity index (χ3v) is 6.00. The number of rotatable bonds is 8. The highest BCUT2D eigenvalue weighted by molar-refractivity contribution is 7.09. The Hall–Kier alpha value is -1.32. The summed E-state index contributed by atoms with van der Waals surface area (Å²) in [6, 6.07) is 11.1. The number of hydrogen-bond donors (Lipinski definition) is 0. The number of methoxy groups -OCH3 is 1. The van der Waals surface area contributed by atoms with E-state index < -0.39 is 0 Å². The second-order valence-corrected chi connectivity index (χ2v) is 7.82. The van der Waals surface area contributed by atoms with Crippen LogP contribution in [0.25, 0.3) is 0 Å². The molecule has 0 spiro atoms. The number of thiophene rings is 1. The van der Waals surface area contributed by atoms with Gasteiger partial charge in [0.25, 0.3) is 0 Å². The first-order valence-corrected chi connectivity index (χ1v) is 10.1. The number of fused-ring (bicyclic) bond motifs is 1. The Morgan fingerprint density at radius 1 is 1.25 bits per heavy atom. The summed E-state index contributed by atoms with van der Waals surface area (Å²) >= 11 is 1.88. The molecule has 2 nitrogen and oxygen atoms in total. The predicted octanol–water partition coefficient (Wildman–Crippen LogP) is 5.13. The lowest BCUT2D eigenvalue weighted by atomic mass is 9.82. The Balaban J connectivity index is 1.66. The second kappa shape index (κ2) is 8.68. The van der Waals surface area contributed by atoms with Gasteiger partial charge in [-0.3, -0.25) is 0 Å². The van der Waals surface area contributed by atoms with Crippen LogP contribution in [0.1, 0.15) is 48.1 Å². The van der Waals surface area contributed by atoms with Gasteiger partial charge in [-0.05, 0) is 79.3 Å². The van der Waals surface area contributed by atoms with Crippen molar-refractivity contribution in [1.29, 1.82) is 0 Å². The van der Waals surface area contributed by atoms with Gasteiger partial charge < -0.3 is 9.64 Å². The van der Waals surface area contributed by atoms with Crippen molar-refractivity contribution in [3.63, 3.8) is 0 Å². The molecule has 3 heteroatoms. The lowest BCUT2D eigenvalue weighted by Gasteiger charge is -2.31. The zero-order valence-electron chi connectivity index (χ0n) is 15.0. The fourth-order valence-electron chi connectivity index (χ4n) is 3.85. The quantitative estimate of drug-likeness (QED) is 0.659. The summed E-state index contributed by atoms with van der Waals surface area (Å²) < 4.78 is 5.41. The van der Waals surface area contributed by atoms with E-state index in [9.17, 15) is 0 Å². The van der Waals surface area contributed by atoms with Crippen LogP contribution in [0.15, 0.2) is 35.7 Å². The molecule has 0 aliphatic heterocycles. The number of hydrogen-bond acceptors (Lipinski definition) is 3. The van der Waals surface area contributed by atoms with Crippen molar-refractivity contribution in [2.75, 3.05) is 26.7 Å². The summed E-state index contributed by atoms with van der Waals surface area (Å²) in [5.74, 6) is 1.67. The van der Waals surface area contributed by atoms with Crippen molar-refractivity contribution in [2.45, 2.75) is 44.9 Å². The zero-order chi connectivity index (χ0) is 16.8. The van der Waals surface area contributed by atoms with Gasteiger partial charge in [0.2, 0.25) is 0 Å². The molecule has 0 saturated carbocycles. The Bertz CT molecular complexity index is 623. The van der Waals surface area contributed by atoms with Crippen LogP contribution in [-0.4, -0.2) is 31.6 Å². The Morgan fingerprint density at radius 2 is 2.17 bits per heavy atom. The van der Waals surface area contributed by atoms with Crippen LogP contribution in [-0.2, 0) is 12.8 Å². The highest BCUT2D eigenvalue weighted by Gasteiger charge is 2.22. The van der Waals surface area contributed by atoms with E-state index in [2.05, 4.69) is 47.5 Å². The van der Waals surface area contributed by atoms with E-state index >= 15 is 0 Å². The van der Waals surface area contributed by atoms with Crippen molar-refractivity contribution >= 4 is 11.3 Å². The minimum absolute atomic E-state index is 0.676. The molecule has 1 aromatic carbocycles. The van der Waals surface area contributed by atoms with Gasteiger partial charge in [0.1, 0.15) is 5.75 Å². The molecule has 0 N–H and O–H groups in total. The minimum Gasteiger partial charge on any atom is -0.497 e. The maximum Gasteiger partial charge on any atom is 0.119 e. The van der Waals surface area contributed by atoms with Crippen LogP contribution >= 0.6 is 11.3 Å². The number of aryl methyl sites for hydroxylation is 1. The molecule has 2 aromatic rings. The molecule has 3 rings (SSSR count). The molecule has 1 aromatic heterocycles. The minimum atomic E-state index is 0.676. The fraction of sp³-hybridized carbons (Fsp3) is 0.524. The smallest absolute Gasteiger partial charge is 0.119 e. The number of benzene rings is 1. The predicted molar refractivity (Wildman–Crippen MR) is 103 cm³/mol. The van der Waals surface area contributed by atoms with Gasteiger partial charge in [0, 0.05) is 18.0 Å². The van der Waals surface area contributed by atoms with Crippen LogP contribution in [0.5, 0.6) is 5.75 Å². The molecule has 0 amide bonds. The first kappa shape index (κ1) is 17.5. The average Bonchev–Trinajstić information content (AvgIpc) is 3.13. The fourth-order valence-corrected chi connectivity index (χ4v) is 4.55.